The Kier molecular flexibility index (Phi) is 4.24. The summed E-state index contributed by atoms with van der Waals surface area (Å²) in [7, 11) is 0. The largest absolute Gasteiger partial charge is 0.299 e. The first-order valence-corrected chi connectivity index (χ1v) is 7.13. The number of nitriles is 1. The van der Waals surface area contributed by atoms with E-state index in [4.69, 9.17) is 0 Å². The summed E-state index contributed by atoms with van der Waals surface area (Å²) in [6.07, 6.45) is 6.62. The summed E-state index contributed by atoms with van der Waals surface area (Å²) in [5, 5.41) is 9.35. The molecular formula is C16H15NOS. The summed E-state index contributed by atoms with van der Waals surface area (Å²) in [5.41, 5.74) is 2.29. The lowest BCUT2D eigenvalue weighted by molar-refractivity contribution is -0.114. The van der Waals surface area contributed by atoms with E-state index >= 15 is 0 Å². The minimum Gasteiger partial charge on any atom is -0.299 e. The molecule has 19 heavy (non-hydrogen) atoms. The van der Waals surface area contributed by atoms with Gasteiger partial charge in [-0.25, -0.2) is 0 Å². The van der Waals surface area contributed by atoms with Crippen LogP contribution < -0.4 is 0 Å². The Balaban J connectivity index is 2.13. The highest BCUT2D eigenvalue weighted by molar-refractivity contribution is 8.01. The summed E-state index contributed by atoms with van der Waals surface area (Å²) >= 11 is 1.41. The van der Waals surface area contributed by atoms with Gasteiger partial charge in [0.15, 0.2) is 0 Å². The maximum Gasteiger partial charge on any atom is 0.139 e. The quantitative estimate of drug-likeness (QED) is 0.838. The molecule has 0 bridgehead atoms. The van der Waals surface area contributed by atoms with Crippen LogP contribution in [0.25, 0.3) is 5.57 Å². The minimum atomic E-state index is -0.593. The van der Waals surface area contributed by atoms with Crippen molar-refractivity contribution in [2.24, 2.45) is 0 Å². The fourth-order valence-corrected chi connectivity index (χ4v) is 2.81. The van der Waals surface area contributed by atoms with E-state index in [0.29, 0.717) is 12.2 Å². The molecule has 1 atom stereocenters. The molecule has 0 fully saturated rings. The van der Waals surface area contributed by atoms with Crippen molar-refractivity contribution in [1.29, 1.82) is 5.26 Å². The molecule has 1 unspecified atom stereocenters. The third-order valence-corrected chi connectivity index (χ3v) is 4.45. The number of rotatable bonds is 4. The highest BCUT2D eigenvalue weighted by atomic mass is 32.2. The zero-order chi connectivity index (χ0) is 13.7. The van der Waals surface area contributed by atoms with Gasteiger partial charge in [-0.05, 0) is 24.5 Å². The van der Waals surface area contributed by atoms with Gasteiger partial charge in [0.2, 0.25) is 0 Å². The number of allylic oxidation sites excluding steroid dienone is 3. The molecule has 1 aromatic carbocycles. The summed E-state index contributed by atoms with van der Waals surface area (Å²) < 4.78 is -0.593. The number of Topliss-reactive ketones (excluding diaryl/α,β-unsaturated/α-hetero) is 1. The van der Waals surface area contributed by atoms with E-state index in [1.807, 2.05) is 30.4 Å². The lowest BCUT2D eigenvalue weighted by atomic mass is 9.93. The highest BCUT2D eigenvalue weighted by Gasteiger charge is 2.29. The van der Waals surface area contributed by atoms with E-state index in [9.17, 15) is 10.1 Å². The maximum absolute atomic E-state index is 11.1. The van der Waals surface area contributed by atoms with Gasteiger partial charge in [-0.15, -0.1) is 11.8 Å². The third-order valence-electron chi connectivity index (χ3n) is 2.99. The highest BCUT2D eigenvalue weighted by Crippen LogP contribution is 2.36. The van der Waals surface area contributed by atoms with Gasteiger partial charge in [-0.3, -0.25) is 4.79 Å². The second-order valence-corrected chi connectivity index (χ2v) is 5.86. The van der Waals surface area contributed by atoms with Gasteiger partial charge in [0.1, 0.15) is 10.5 Å². The normalized spacial score (nSPS) is 21.6. The predicted molar refractivity (Wildman–Crippen MR) is 79.7 cm³/mol. The number of carbonyl (C=O) groups excluding carboxylic acids is 1. The zero-order valence-corrected chi connectivity index (χ0v) is 11.6. The molecule has 1 aliphatic rings. The molecule has 0 amide bonds. The summed E-state index contributed by atoms with van der Waals surface area (Å²) in [6.45, 7) is 1.55. The smallest absolute Gasteiger partial charge is 0.139 e. The Labute approximate surface area is 117 Å². The SMILES string of the molecule is CC(=O)CSC1(C#N)C=CC(c2ccccc2)=CC1. The second-order valence-electron chi connectivity index (χ2n) is 4.55. The molecule has 0 saturated heterocycles. The van der Waals surface area contributed by atoms with Crippen LogP contribution in [-0.4, -0.2) is 16.3 Å². The fourth-order valence-electron chi connectivity index (χ4n) is 1.92. The fraction of sp³-hybridized carbons (Fsp3) is 0.250. The summed E-state index contributed by atoms with van der Waals surface area (Å²) in [4.78, 5) is 11.1. The number of benzene rings is 1. The molecule has 96 valence electrons. The van der Waals surface area contributed by atoms with Crippen molar-refractivity contribution >= 4 is 23.1 Å². The lowest BCUT2D eigenvalue weighted by Crippen LogP contribution is -2.22. The number of nitrogens with zero attached hydrogens (tertiary/aromatic N) is 1. The van der Waals surface area contributed by atoms with Crippen molar-refractivity contribution in [3.63, 3.8) is 0 Å². The van der Waals surface area contributed by atoms with E-state index in [2.05, 4.69) is 24.3 Å². The Morgan fingerprint density at radius 2 is 2.16 bits per heavy atom. The Morgan fingerprint density at radius 1 is 1.42 bits per heavy atom. The summed E-state index contributed by atoms with van der Waals surface area (Å²) in [6, 6.07) is 12.4. The van der Waals surface area contributed by atoms with E-state index < -0.39 is 4.75 Å². The minimum absolute atomic E-state index is 0.103. The molecule has 0 aliphatic heterocycles. The van der Waals surface area contributed by atoms with E-state index in [-0.39, 0.29) is 5.78 Å². The molecule has 0 spiro atoms. The van der Waals surface area contributed by atoms with Crippen LogP contribution in [0.3, 0.4) is 0 Å². The molecule has 0 heterocycles. The van der Waals surface area contributed by atoms with E-state index in [1.165, 1.54) is 11.8 Å². The van der Waals surface area contributed by atoms with Crippen LogP contribution in [0.4, 0.5) is 0 Å². The Hall–Kier alpha value is -1.79. The Bertz CT molecular complexity index is 568. The van der Waals surface area contributed by atoms with Crippen molar-refractivity contribution in [2.45, 2.75) is 18.1 Å². The van der Waals surface area contributed by atoms with Crippen LogP contribution >= 0.6 is 11.8 Å². The van der Waals surface area contributed by atoms with Crippen LogP contribution in [0.15, 0.2) is 48.6 Å². The first-order chi connectivity index (χ1) is 9.15. The standard InChI is InChI=1S/C16H15NOS/c1-13(18)11-19-16(12-17)9-7-15(8-10-16)14-5-3-2-4-6-14/h2-9H,10-11H2,1H3. The second kappa shape index (κ2) is 5.90. The first-order valence-electron chi connectivity index (χ1n) is 6.15. The van der Waals surface area contributed by atoms with Crippen molar-refractivity contribution in [3.8, 4) is 6.07 Å². The number of carbonyl (C=O) groups is 1. The maximum atomic E-state index is 11.1. The molecule has 0 radical (unpaired) electrons. The number of thioether (sulfide) groups is 1. The van der Waals surface area contributed by atoms with Gasteiger partial charge in [-0.2, -0.15) is 5.26 Å². The molecule has 0 N–H and O–H groups in total. The average molecular weight is 269 g/mol. The zero-order valence-electron chi connectivity index (χ0n) is 10.8. The molecule has 0 saturated carbocycles. The van der Waals surface area contributed by atoms with Crippen molar-refractivity contribution in [1.82, 2.24) is 0 Å². The third kappa shape index (κ3) is 3.36. The number of ketones is 1. The van der Waals surface area contributed by atoms with Crippen LogP contribution in [-0.2, 0) is 4.79 Å². The van der Waals surface area contributed by atoms with E-state index in [1.54, 1.807) is 6.92 Å². The van der Waals surface area contributed by atoms with Crippen LogP contribution in [0.1, 0.15) is 18.9 Å². The molecule has 3 heteroatoms. The molecule has 2 nitrogen and oxygen atoms in total. The molecule has 1 aromatic rings. The Morgan fingerprint density at radius 3 is 2.68 bits per heavy atom. The molecular weight excluding hydrogens is 254 g/mol. The van der Waals surface area contributed by atoms with Gasteiger partial charge in [0.25, 0.3) is 0 Å². The van der Waals surface area contributed by atoms with Gasteiger partial charge < -0.3 is 0 Å². The average Bonchev–Trinajstić information content (AvgIpc) is 2.47. The topological polar surface area (TPSA) is 40.9 Å². The van der Waals surface area contributed by atoms with Gasteiger partial charge in [-0.1, -0.05) is 48.6 Å². The van der Waals surface area contributed by atoms with Crippen LogP contribution in [0.5, 0.6) is 0 Å². The van der Waals surface area contributed by atoms with Crippen LogP contribution in [0.2, 0.25) is 0 Å². The predicted octanol–water partition coefficient (Wildman–Crippen LogP) is 3.61. The lowest BCUT2D eigenvalue weighted by Gasteiger charge is -2.24. The molecule has 0 aromatic heterocycles. The van der Waals surface area contributed by atoms with Crippen molar-refractivity contribution < 1.29 is 4.79 Å². The molecule has 1 aliphatic carbocycles. The van der Waals surface area contributed by atoms with E-state index in [0.717, 1.165) is 11.1 Å². The van der Waals surface area contributed by atoms with Gasteiger partial charge in [0.05, 0.1) is 11.8 Å². The number of hydrogen-bond donors (Lipinski definition) is 0. The van der Waals surface area contributed by atoms with Crippen molar-refractivity contribution in [3.05, 3.63) is 54.1 Å². The molecule has 2 rings (SSSR count). The van der Waals surface area contributed by atoms with Gasteiger partial charge >= 0.3 is 0 Å². The first kappa shape index (κ1) is 13.6. The monoisotopic (exact) mass is 269 g/mol. The summed E-state index contributed by atoms with van der Waals surface area (Å²) in [5.74, 6) is 0.484. The number of hydrogen-bond acceptors (Lipinski definition) is 3. The van der Waals surface area contributed by atoms with Crippen molar-refractivity contribution in [2.75, 3.05) is 5.75 Å². The van der Waals surface area contributed by atoms with Gasteiger partial charge in [0, 0.05) is 0 Å². The van der Waals surface area contributed by atoms with Crippen LogP contribution in [0, 0.1) is 11.3 Å².